The van der Waals surface area contributed by atoms with E-state index in [1.54, 1.807) is 0 Å². The van der Waals surface area contributed by atoms with E-state index in [0.717, 1.165) is 58.4 Å². The third-order valence-electron chi connectivity index (χ3n) is 7.77. The van der Waals surface area contributed by atoms with Crippen molar-refractivity contribution in [3.8, 4) is 0 Å². The summed E-state index contributed by atoms with van der Waals surface area (Å²) < 4.78 is 0. The SMILES string of the molecule is Cc1ccccc1CN1CCN(CN2C(=O)NC3(CCC(C(C)(C)C)CC3)C2=O)CC1. The summed E-state index contributed by atoms with van der Waals surface area (Å²) in [6, 6.07) is 8.33. The summed E-state index contributed by atoms with van der Waals surface area (Å²) in [6.45, 7) is 14.0. The van der Waals surface area contributed by atoms with Crippen LogP contribution in [0.1, 0.15) is 57.6 Å². The molecule has 0 atom stereocenters. The van der Waals surface area contributed by atoms with Crippen molar-refractivity contribution in [2.24, 2.45) is 11.3 Å². The Labute approximate surface area is 187 Å². The van der Waals surface area contributed by atoms with Crippen molar-refractivity contribution in [2.45, 2.75) is 65.5 Å². The van der Waals surface area contributed by atoms with Crippen molar-refractivity contribution in [3.05, 3.63) is 35.4 Å². The van der Waals surface area contributed by atoms with Crippen LogP contribution < -0.4 is 5.32 Å². The molecule has 0 radical (unpaired) electrons. The number of hydrogen-bond donors (Lipinski definition) is 1. The summed E-state index contributed by atoms with van der Waals surface area (Å²) >= 11 is 0. The fourth-order valence-corrected chi connectivity index (χ4v) is 5.44. The Hall–Kier alpha value is -1.92. The number of amides is 3. The van der Waals surface area contributed by atoms with Crippen molar-refractivity contribution in [2.75, 3.05) is 32.8 Å². The predicted molar refractivity (Wildman–Crippen MR) is 122 cm³/mol. The van der Waals surface area contributed by atoms with E-state index in [4.69, 9.17) is 0 Å². The first kappa shape index (κ1) is 22.3. The van der Waals surface area contributed by atoms with E-state index >= 15 is 0 Å². The number of carbonyl (C=O) groups is 2. The lowest BCUT2D eigenvalue weighted by atomic mass is 9.67. The van der Waals surface area contributed by atoms with Gasteiger partial charge < -0.3 is 5.32 Å². The summed E-state index contributed by atoms with van der Waals surface area (Å²) in [6.07, 6.45) is 3.53. The van der Waals surface area contributed by atoms with Gasteiger partial charge in [0.15, 0.2) is 0 Å². The zero-order chi connectivity index (χ0) is 22.2. The molecule has 0 bridgehead atoms. The number of urea groups is 1. The number of aryl methyl sites for hydroxylation is 1. The minimum absolute atomic E-state index is 0.00722. The quantitative estimate of drug-likeness (QED) is 0.748. The van der Waals surface area contributed by atoms with Gasteiger partial charge in [-0.15, -0.1) is 0 Å². The van der Waals surface area contributed by atoms with Crippen LogP contribution in [0.4, 0.5) is 4.79 Å². The molecule has 6 heteroatoms. The smallest absolute Gasteiger partial charge is 0.323 e. The second-order valence-electron chi connectivity index (χ2n) is 10.8. The summed E-state index contributed by atoms with van der Waals surface area (Å²) in [7, 11) is 0. The fraction of sp³-hybridized carbons (Fsp3) is 0.680. The van der Waals surface area contributed by atoms with Gasteiger partial charge in [0, 0.05) is 32.7 Å². The molecule has 0 aromatic heterocycles. The van der Waals surface area contributed by atoms with Crippen molar-refractivity contribution >= 4 is 11.9 Å². The highest BCUT2D eigenvalue weighted by Gasteiger charge is 2.53. The van der Waals surface area contributed by atoms with E-state index < -0.39 is 5.54 Å². The van der Waals surface area contributed by atoms with Crippen LogP contribution in [0.25, 0.3) is 0 Å². The number of piperazine rings is 1. The molecule has 6 nitrogen and oxygen atoms in total. The molecule has 1 aliphatic carbocycles. The van der Waals surface area contributed by atoms with Gasteiger partial charge in [0.1, 0.15) is 5.54 Å². The van der Waals surface area contributed by atoms with Gasteiger partial charge in [-0.1, -0.05) is 45.0 Å². The monoisotopic (exact) mass is 426 g/mol. The molecular formula is C25H38N4O2. The lowest BCUT2D eigenvalue weighted by Crippen LogP contribution is -2.53. The minimum atomic E-state index is -0.661. The summed E-state index contributed by atoms with van der Waals surface area (Å²) in [5.74, 6) is 0.602. The molecule has 1 aromatic rings. The summed E-state index contributed by atoms with van der Waals surface area (Å²) in [4.78, 5) is 32.1. The third-order valence-corrected chi connectivity index (χ3v) is 7.77. The molecule has 1 N–H and O–H groups in total. The number of rotatable bonds is 4. The van der Waals surface area contributed by atoms with Gasteiger partial charge in [-0.05, 0) is 55.1 Å². The Bertz CT molecular complexity index is 815. The number of nitrogens with zero attached hydrogens (tertiary/aromatic N) is 3. The van der Waals surface area contributed by atoms with Crippen LogP contribution >= 0.6 is 0 Å². The van der Waals surface area contributed by atoms with Gasteiger partial charge in [-0.3, -0.25) is 14.6 Å². The van der Waals surface area contributed by atoms with Gasteiger partial charge in [0.25, 0.3) is 5.91 Å². The molecule has 2 aliphatic heterocycles. The maximum atomic E-state index is 13.3. The summed E-state index contributed by atoms with van der Waals surface area (Å²) in [5, 5.41) is 3.08. The van der Waals surface area contributed by atoms with Gasteiger partial charge >= 0.3 is 6.03 Å². The number of benzene rings is 1. The molecule has 170 valence electrons. The first-order chi connectivity index (χ1) is 14.7. The molecule has 3 fully saturated rings. The Balaban J connectivity index is 1.30. The Morgan fingerprint density at radius 2 is 1.61 bits per heavy atom. The molecule has 2 saturated heterocycles. The van der Waals surface area contributed by atoms with Gasteiger partial charge in [-0.2, -0.15) is 0 Å². The van der Waals surface area contributed by atoms with Crippen LogP contribution in [0, 0.1) is 18.3 Å². The lowest BCUT2D eigenvalue weighted by molar-refractivity contribution is -0.134. The predicted octanol–water partition coefficient (Wildman–Crippen LogP) is 3.60. The van der Waals surface area contributed by atoms with Gasteiger partial charge in [0.05, 0.1) is 6.67 Å². The maximum absolute atomic E-state index is 13.3. The largest absolute Gasteiger partial charge is 0.326 e. The number of carbonyl (C=O) groups excluding carboxylic acids is 2. The van der Waals surface area contributed by atoms with E-state index in [9.17, 15) is 9.59 Å². The second kappa shape index (κ2) is 8.55. The average Bonchev–Trinajstić information content (AvgIpc) is 2.95. The van der Waals surface area contributed by atoms with E-state index in [0.29, 0.717) is 12.6 Å². The van der Waals surface area contributed by atoms with Crippen molar-refractivity contribution in [1.82, 2.24) is 20.0 Å². The molecule has 1 aromatic carbocycles. The fourth-order valence-electron chi connectivity index (χ4n) is 5.44. The molecule has 3 amide bonds. The number of nitrogens with one attached hydrogen (secondary N) is 1. The molecule has 4 rings (SSSR count). The van der Waals surface area contributed by atoms with Crippen LogP contribution in [0.2, 0.25) is 0 Å². The number of imide groups is 1. The van der Waals surface area contributed by atoms with Crippen LogP contribution in [0.5, 0.6) is 0 Å². The van der Waals surface area contributed by atoms with Crippen LogP contribution in [-0.4, -0.2) is 65.0 Å². The van der Waals surface area contributed by atoms with Gasteiger partial charge in [0.2, 0.25) is 0 Å². The zero-order valence-corrected chi connectivity index (χ0v) is 19.6. The second-order valence-corrected chi connectivity index (χ2v) is 10.8. The van der Waals surface area contributed by atoms with Gasteiger partial charge in [-0.25, -0.2) is 9.69 Å². The topological polar surface area (TPSA) is 55.9 Å². The molecular weight excluding hydrogens is 388 g/mol. The number of hydrogen-bond acceptors (Lipinski definition) is 4. The Morgan fingerprint density at radius 1 is 1.00 bits per heavy atom. The van der Waals surface area contributed by atoms with E-state index in [-0.39, 0.29) is 17.4 Å². The molecule has 31 heavy (non-hydrogen) atoms. The summed E-state index contributed by atoms with van der Waals surface area (Å²) in [5.41, 5.74) is 2.30. The normalized spacial score (nSPS) is 28.4. The van der Waals surface area contributed by atoms with Crippen LogP contribution in [-0.2, 0) is 11.3 Å². The van der Waals surface area contributed by atoms with E-state index in [1.807, 2.05) is 0 Å². The molecule has 2 heterocycles. The lowest BCUT2D eigenvalue weighted by Gasteiger charge is -2.41. The highest BCUT2D eigenvalue weighted by molar-refractivity contribution is 6.07. The Morgan fingerprint density at radius 3 is 2.23 bits per heavy atom. The highest BCUT2D eigenvalue weighted by atomic mass is 16.2. The average molecular weight is 427 g/mol. The van der Waals surface area contributed by atoms with Crippen molar-refractivity contribution < 1.29 is 9.59 Å². The minimum Gasteiger partial charge on any atom is -0.323 e. The van der Waals surface area contributed by atoms with Crippen LogP contribution in [0.3, 0.4) is 0 Å². The first-order valence-electron chi connectivity index (χ1n) is 11.8. The zero-order valence-electron chi connectivity index (χ0n) is 19.6. The standard InChI is InChI=1S/C25H38N4O2/c1-19-7-5-6-8-20(19)17-27-13-15-28(16-14-27)18-29-22(30)25(26-23(29)31)11-9-21(10-12-25)24(2,3)4/h5-8,21H,9-18H2,1-4H3,(H,26,31). The maximum Gasteiger partial charge on any atom is 0.326 e. The highest BCUT2D eigenvalue weighted by Crippen LogP contribution is 2.43. The third kappa shape index (κ3) is 4.65. The van der Waals surface area contributed by atoms with Crippen molar-refractivity contribution in [1.29, 1.82) is 0 Å². The van der Waals surface area contributed by atoms with E-state index in [2.05, 4.69) is 67.1 Å². The van der Waals surface area contributed by atoms with Crippen molar-refractivity contribution in [3.63, 3.8) is 0 Å². The Kier molecular flexibility index (Phi) is 6.14. The molecule has 3 aliphatic rings. The van der Waals surface area contributed by atoms with E-state index in [1.165, 1.54) is 16.0 Å². The molecule has 1 spiro atoms. The van der Waals surface area contributed by atoms with Crippen LogP contribution in [0.15, 0.2) is 24.3 Å². The molecule has 1 saturated carbocycles. The first-order valence-corrected chi connectivity index (χ1v) is 11.8. The molecule has 0 unspecified atom stereocenters.